The predicted molar refractivity (Wildman–Crippen MR) is 75.0 cm³/mol. The minimum atomic E-state index is -0.810. The molecule has 0 radical (unpaired) electrons. The third-order valence-electron chi connectivity index (χ3n) is 3.23. The van der Waals surface area contributed by atoms with Gasteiger partial charge in [0.15, 0.2) is 0 Å². The van der Waals surface area contributed by atoms with E-state index in [1.54, 1.807) is 22.3 Å². The number of carboxylic acid groups (broad SMARTS) is 1. The van der Waals surface area contributed by atoms with Gasteiger partial charge in [0.25, 0.3) is 0 Å². The van der Waals surface area contributed by atoms with Crippen molar-refractivity contribution in [3.05, 3.63) is 28.0 Å². The van der Waals surface area contributed by atoms with Gasteiger partial charge in [-0.05, 0) is 38.0 Å². The lowest BCUT2D eigenvalue weighted by Gasteiger charge is -2.29. The Morgan fingerprint density at radius 1 is 1.47 bits per heavy atom. The van der Waals surface area contributed by atoms with Gasteiger partial charge in [-0.1, -0.05) is 0 Å². The number of nitrogens with zero attached hydrogens (tertiary/aromatic N) is 1. The van der Waals surface area contributed by atoms with Gasteiger partial charge in [-0.2, -0.15) is 0 Å². The molecule has 1 aromatic heterocycles. The van der Waals surface area contributed by atoms with E-state index in [1.165, 1.54) is 11.0 Å². The molecular weight excluding hydrogens is 262 g/mol. The maximum absolute atomic E-state index is 12.0. The highest BCUT2D eigenvalue weighted by atomic mass is 32.1. The lowest BCUT2D eigenvalue weighted by molar-refractivity contribution is -0.144. The van der Waals surface area contributed by atoms with Crippen molar-refractivity contribution in [1.29, 1.82) is 0 Å². The van der Waals surface area contributed by atoms with Gasteiger partial charge >= 0.3 is 5.97 Å². The van der Waals surface area contributed by atoms with Gasteiger partial charge in [0.05, 0.1) is 5.92 Å². The fraction of sp³-hybridized carbons (Fsp3) is 0.429. The van der Waals surface area contributed by atoms with E-state index in [0.29, 0.717) is 19.5 Å². The molecule has 102 valence electrons. The van der Waals surface area contributed by atoms with Crippen LogP contribution in [-0.2, 0) is 9.59 Å². The highest BCUT2D eigenvalue weighted by molar-refractivity contribution is 7.12. The van der Waals surface area contributed by atoms with E-state index in [2.05, 4.69) is 0 Å². The molecule has 0 aliphatic carbocycles. The number of carbonyl (C=O) groups excluding carboxylic acids is 1. The van der Waals surface area contributed by atoms with Crippen LogP contribution >= 0.6 is 11.3 Å². The van der Waals surface area contributed by atoms with Crippen LogP contribution in [0.15, 0.2) is 18.2 Å². The molecule has 2 rings (SSSR count). The van der Waals surface area contributed by atoms with Crippen LogP contribution in [0.5, 0.6) is 0 Å². The highest BCUT2D eigenvalue weighted by Crippen LogP contribution is 2.19. The number of carboxylic acids is 1. The molecule has 4 nitrogen and oxygen atoms in total. The summed E-state index contributed by atoms with van der Waals surface area (Å²) >= 11 is 1.63. The van der Waals surface area contributed by atoms with Crippen LogP contribution in [0.1, 0.15) is 22.6 Å². The van der Waals surface area contributed by atoms with Crippen molar-refractivity contribution in [2.24, 2.45) is 5.92 Å². The molecular formula is C14H17NO3S. The molecule has 1 saturated heterocycles. The number of thiophene rings is 1. The molecule has 1 atom stereocenters. The van der Waals surface area contributed by atoms with Crippen molar-refractivity contribution >= 4 is 29.3 Å². The van der Waals surface area contributed by atoms with E-state index < -0.39 is 11.9 Å². The summed E-state index contributed by atoms with van der Waals surface area (Å²) in [5.41, 5.74) is 0. The van der Waals surface area contributed by atoms with Crippen molar-refractivity contribution in [1.82, 2.24) is 4.90 Å². The van der Waals surface area contributed by atoms with Crippen molar-refractivity contribution in [3.8, 4) is 0 Å². The normalized spacial score (nSPS) is 19.8. The van der Waals surface area contributed by atoms with Gasteiger partial charge < -0.3 is 10.0 Å². The number of aliphatic carboxylic acids is 1. The van der Waals surface area contributed by atoms with E-state index in [1.807, 2.05) is 19.1 Å². The zero-order chi connectivity index (χ0) is 13.8. The van der Waals surface area contributed by atoms with Gasteiger partial charge in [0.2, 0.25) is 5.91 Å². The van der Waals surface area contributed by atoms with E-state index >= 15 is 0 Å². The zero-order valence-electron chi connectivity index (χ0n) is 10.8. The van der Waals surface area contributed by atoms with Crippen LogP contribution in [0, 0.1) is 12.8 Å². The number of carbonyl (C=O) groups is 2. The molecule has 1 N–H and O–H groups in total. The van der Waals surface area contributed by atoms with E-state index in [9.17, 15) is 9.59 Å². The smallest absolute Gasteiger partial charge is 0.308 e. The predicted octanol–water partition coefficient (Wildman–Crippen LogP) is 2.39. The van der Waals surface area contributed by atoms with E-state index in [0.717, 1.165) is 11.3 Å². The average molecular weight is 279 g/mol. The molecule has 0 unspecified atom stereocenters. The maximum Gasteiger partial charge on any atom is 0.308 e. The van der Waals surface area contributed by atoms with Gasteiger partial charge in [-0.25, -0.2) is 0 Å². The third kappa shape index (κ3) is 3.67. The summed E-state index contributed by atoms with van der Waals surface area (Å²) < 4.78 is 0. The summed E-state index contributed by atoms with van der Waals surface area (Å²) in [6.07, 6.45) is 4.75. The van der Waals surface area contributed by atoms with Crippen molar-refractivity contribution in [2.45, 2.75) is 19.8 Å². The molecule has 0 aromatic carbocycles. The topological polar surface area (TPSA) is 57.6 Å². The number of rotatable bonds is 3. The van der Waals surface area contributed by atoms with Crippen LogP contribution in [0.4, 0.5) is 0 Å². The molecule has 0 saturated carbocycles. The summed E-state index contributed by atoms with van der Waals surface area (Å²) in [5, 5.41) is 8.99. The van der Waals surface area contributed by atoms with Crippen LogP contribution in [-0.4, -0.2) is 35.0 Å². The second-order valence-corrected chi connectivity index (χ2v) is 6.06. The van der Waals surface area contributed by atoms with Gasteiger partial charge in [-0.3, -0.25) is 9.59 Å². The molecule has 1 aliphatic heterocycles. The largest absolute Gasteiger partial charge is 0.481 e. The molecule has 2 heterocycles. The molecule has 1 amide bonds. The standard InChI is InChI=1S/C14H17NO3S/c1-10-4-5-12(19-10)6-7-13(16)15-8-2-3-11(9-15)14(17)18/h4-7,11H,2-3,8-9H2,1H3,(H,17,18)/b7-6+/t11-/m1/s1. The highest BCUT2D eigenvalue weighted by Gasteiger charge is 2.26. The molecule has 0 spiro atoms. The van der Waals surface area contributed by atoms with Crippen LogP contribution in [0.2, 0.25) is 0 Å². The molecule has 1 aliphatic rings. The van der Waals surface area contributed by atoms with Crippen LogP contribution in [0.25, 0.3) is 6.08 Å². The Balaban J connectivity index is 1.96. The lowest BCUT2D eigenvalue weighted by atomic mass is 9.98. The summed E-state index contributed by atoms with van der Waals surface area (Å²) in [6.45, 7) is 2.99. The Morgan fingerprint density at radius 2 is 2.26 bits per heavy atom. The Labute approximate surface area is 116 Å². The van der Waals surface area contributed by atoms with E-state index in [4.69, 9.17) is 5.11 Å². The second kappa shape index (κ2) is 6.02. The van der Waals surface area contributed by atoms with Crippen molar-refractivity contribution in [3.63, 3.8) is 0 Å². The maximum atomic E-state index is 12.0. The molecule has 5 heteroatoms. The van der Waals surface area contributed by atoms with Crippen LogP contribution in [0.3, 0.4) is 0 Å². The number of hydrogen-bond acceptors (Lipinski definition) is 3. The first-order chi connectivity index (χ1) is 9.06. The zero-order valence-corrected chi connectivity index (χ0v) is 11.7. The fourth-order valence-corrected chi connectivity index (χ4v) is 2.96. The SMILES string of the molecule is Cc1ccc(/C=C/C(=O)N2CCC[C@@H](C(=O)O)C2)s1. The molecule has 19 heavy (non-hydrogen) atoms. The summed E-state index contributed by atoms with van der Waals surface area (Å²) in [4.78, 5) is 26.8. The fourth-order valence-electron chi connectivity index (χ4n) is 2.18. The first-order valence-corrected chi connectivity index (χ1v) is 7.14. The number of hydrogen-bond donors (Lipinski definition) is 1. The van der Waals surface area contributed by atoms with Gasteiger partial charge in [0.1, 0.15) is 0 Å². The number of aryl methyl sites for hydroxylation is 1. The van der Waals surface area contributed by atoms with Crippen molar-refractivity contribution in [2.75, 3.05) is 13.1 Å². The second-order valence-electron chi connectivity index (χ2n) is 4.74. The Kier molecular flexibility index (Phi) is 4.37. The lowest BCUT2D eigenvalue weighted by Crippen LogP contribution is -2.41. The molecule has 0 bridgehead atoms. The van der Waals surface area contributed by atoms with Gasteiger partial charge in [0, 0.05) is 28.9 Å². The monoisotopic (exact) mass is 279 g/mol. The molecule has 1 aromatic rings. The van der Waals surface area contributed by atoms with Gasteiger partial charge in [-0.15, -0.1) is 11.3 Å². The average Bonchev–Trinajstić information content (AvgIpc) is 2.82. The quantitative estimate of drug-likeness (QED) is 0.864. The first kappa shape index (κ1) is 13.8. The minimum absolute atomic E-state index is 0.1000. The summed E-state index contributed by atoms with van der Waals surface area (Å²) in [6, 6.07) is 3.98. The number of likely N-dealkylation sites (tertiary alicyclic amines) is 1. The van der Waals surface area contributed by atoms with E-state index in [-0.39, 0.29) is 5.91 Å². The van der Waals surface area contributed by atoms with Crippen LogP contribution < -0.4 is 0 Å². The third-order valence-corrected chi connectivity index (χ3v) is 4.20. The number of piperidine rings is 1. The summed E-state index contributed by atoms with van der Waals surface area (Å²) in [5.74, 6) is -1.33. The Hall–Kier alpha value is -1.62. The van der Waals surface area contributed by atoms with Crippen molar-refractivity contribution < 1.29 is 14.7 Å². The molecule has 1 fully saturated rings. The Morgan fingerprint density at radius 3 is 2.89 bits per heavy atom. The minimum Gasteiger partial charge on any atom is -0.481 e. The summed E-state index contributed by atoms with van der Waals surface area (Å²) in [7, 11) is 0. The first-order valence-electron chi connectivity index (χ1n) is 6.32. The number of amides is 1. The Bertz CT molecular complexity index is 507.